The molecule has 0 fully saturated rings. The molecule has 2 amide bonds. The van der Waals surface area contributed by atoms with Gasteiger partial charge in [0.15, 0.2) is 0 Å². The summed E-state index contributed by atoms with van der Waals surface area (Å²) in [5.74, 6) is -1.82. The van der Waals surface area contributed by atoms with Crippen molar-refractivity contribution in [2.24, 2.45) is 0 Å². The number of likely N-dealkylation sites (N-methyl/N-ethyl adjacent to an activating group) is 1. The minimum absolute atomic E-state index is 0.0976. The third-order valence-electron chi connectivity index (χ3n) is 6.00. The van der Waals surface area contributed by atoms with Crippen LogP contribution in [0.1, 0.15) is 43.2 Å². The summed E-state index contributed by atoms with van der Waals surface area (Å²) in [6.07, 6.45) is 0.0385. The number of carbonyl (C=O) groups is 3. The quantitative estimate of drug-likeness (QED) is 0.565. The fourth-order valence-corrected chi connectivity index (χ4v) is 4.03. The molecule has 0 aliphatic heterocycles. The van der Waals surface area contributed by atoms with E-state index >= 15 is 0 Å². The Balaban J connectivity index is 1.68. The van der Waals surface area contributed by atoms with E-state index in [9.17, 15) is 19.5 Å². The average molecular weight is 450 g/mol. The normalized spacial score (nSPS) is 13.7. The topological polar surface area (TPSA) is 120 Å². The zero-order valence-corrected chi connectivity index (χ0v) is 18.7. The van der Waals surface area contributed by atoms with Gasteiger partial charge in [-0.05, 0) is 42.0 Å². The Bertz CT molecular complexity index is 1030. The molecule has 0 heterocycles. The standard InChI is InChI=1S/C25H27N3O5/c1-16(24(30)31)28(2)23(29)22(13-7-8-14-26)27-25(32)33-15-21-19-11-5-3-9-17(19)18-10-4-6-12-20(18)21/h3-6,9-12,16,21-22H,7-8,13,15H2,1-2H3,(H,27,32)(H,30,31). The van der Waals surface area contributed by atoms with Crippen LogP contribution in [0.2, 0.25) is 0 Å². The molecule has 3 rings (SSSR count). The number of nitrogens with zero attached hydrogens (tertiary/aromatic N) is 2. The molecule has 0 saturated carbocycles. The van der Waals surface area contributed by atoms with Crippen molar-refractivity contribution in [3.8, 4) is 17.2 Å². The number of amides is 2. The van der Waals surface area contributed by atoms with Crippen LogP contribution < -0.4 is 5.32 Å². The molecule has 2 aromatic rings. The number of alkyl carbamates (subject to hydrolysis) is 1. The van der Waals surface area contributed by atoms with Crippen LogP contribution in [-0.4, -0.2) is 53.7 Å². The van der Waals surface area contributed by atoms with Crippen LogP contribution in [0.4, 0.5) is 4.79 Å². The maximum Gasteiger partial charge on any atom is 0.407 e. The van der Waals surface area contributed by atoms with Gasteiger partial charge in [0.05, 0.1) is 6.07 Å². The first-order chi connectivity index (χ1) is 15.8. The molecule has 172 valence electrons. The van der Waals surface area contributed by atoms with Gasteiger partial charge in [0.25, 0.3) is 0 Å². The molecular formula is C25H27N3O5. The molecule has 8 heteroatoms. The largest absolute Gasteiger partial charge is 0.480 e. The minimum atomic E-state index is -1.15. The van der Waals surface area contributed by atoms with Crippen LogP contribution in [-0.2, 0) is 14.3 Å². The number of hydrogen-bond donors (Lipinski definition) is 2. The van der Waals surface area contributed by atoms with Crippen LogP contribution in [0.15, 0.2) is 48.5 Å². The molecule has 2 atom stereocenters. The van der Waals surface area contributed by atoms with Gasteiger partial charge >= 0.3 is 12.1 Å². The van der Waals surface area contributed by atoms with E-state index in [1.807, 2.05) is 54.6 Å². The van der Waals surface area contributed by atoms with Crippen molar-refractivity contribution in [3.05, 3.63) is 59.7 Å². The van der Waals surface area contributed by atoms with Gasteiger partial charge in [-0.1, -0.05) is 48.5 Å². The van der Waals surface area contributed by atoms with Crippen LogP contribution >= 0.6 is 0 Å². The van der Waals surface area contributed by atoms with Gasteiger partial charge < -0.3 is 20.1 Å². The lowest BCUT2D eigenvalue weighted by Gasteiger charge is -2.27. The van der Waals surface area contributed by atoms with E-state index < -0.39 is 30.1 Å². The maximum absolute atomic E-state index is 12.8. The summed E-state index contributed by atoms with van der Waals surface area (Å²) in [5.41, 5.74) is 4.36. The van der Waals surface area contributed by atoms with E-state index in [0.29, 0.717) is 6.42 Å². The van der Waals surface area contributed by atoms with Crippen LogP contribution in [0.25, 0.3) is 11.1 Å². The molecule has 8 nitrogen and oxygen atoms in total. The van der Waals surface area contributed by atoms with Gasteiger partial charge in [-0.15, -0.1) is 0 Å². The number of unbranched alkanes of at least 4 members (excludes halogenated alkanes) is 1. The predicted octanol–water partition coefficient (Wildman–Crippen LogP) is 3.52. The fraction of sp³-hybridized carbons (Fsp3) is 0.360. The minimum Gasteiger partial charge on any atom is -0.480 e. The van der Waals surface area contributed by atoms with Gasteiger partial charge in [0.1, 0.15) is 18.7 Å². The van der Waals surface area contributed by atoms with Crippen molar-refractivity contribution >= 4 is 18.0 Å². The number of carboxylic acids is 1. The van der Waals surface area contributed by atoms with Crippen molar-refractivity contribution < 1.29 is 24.2 Å². The second-order valence-electron chi connectivity index (χ2n) is 8.04. The summed E-state index contributed by atoms with van der Waals surface area (Å²) >= 11 is 0. The average Bonchev–Trinajstić information content (AvgIpc) is 3.14. The van der Waals surface area contributed by atoms with E-state index in [1.54, 1.807) is 0 Å². The Hall–Kier alpha value is -3.86. The lowest BCUT2D eigenvalue weighted by Crippen LogP contribution is -2.51. The van der Waals surface area contributed by atoms with Crippen molar-refractivity contribution in [2.75, 3.05) is 13.7 Å². The molecule has 2 N–H and O–H groups in total. The summed E-state index contributed by atoms with van der Waals surface area (Å²) < 4.78 is 5.51. The second kappa shape index (κ2) is 10.6. The van der Waals surface area contributed by atoms with E-state index in [0.717, 1.165) is 27.2 Å². The van der Waals surface area contributed by atoms with E-state index in [4.69, 9.17) is 10.00 Å². The molecule has 2 unspecified atom stereocenters. The molecule has 1 aliphatic carbocycles. The Morgan fingerprint density at radius 2 is 1.70 bits per heavy atom. The van der Waals surface area contributed by atoms with Gasteiger partial charge in [-0.2, -0.15) is 5.26 Å². The number of nitrogens with one attached hydrogen (secondary N) is 1. The number of rotatable bonds is 9. The number of aliphatic carboxylic acids is 1. The highest BCUT2D eigenvalue weighted by atomic mass is 16.5. The fourth-order valence-electron chi connectivity index (χ4n) is 4.03. The smallest absolute Gasteiger partial charge is 0.407 e. The zero-order chi connectivity index (χ0) is 24.0. The van der Waals surface area contributed by atoms with Gasteiger partial charge in [-0.25, -0.2) is 9.59 Å². The third-order valence-corrected chi connectivity index (χ3v) is 6.00. The number of hydrogen-bond acceptors (Lipinski definition) is 5. The lowest BCUT2D eigenvalue weighted by molar-refractivity contribution is -0.149. The summed E-state index contributed by atoms with van der Waals surface area (Å²) in [5, 5.41) is 20.6. The van der Waals surface area contributed by atoms with Crippen molar-refractivity contribution in [2.45, 2.75) is 44.2 Å². The number of fused-ring (bicyclic) bond motifs is 3. The number of nitriles is 1. The van der Waals surface area contributed by atoms with E-state index in [2.05, 4.69) is 5.32 Å². The molecule has 0 aromatic heterocycles. The first-order valence-electron chi connectivity index (χ1n) is 10.8. The maximum atomic E-state index is 12.8. The monoisotopic (exact) mass is 449 g/mol. The SMILES string of the molecule is CC(C(=O)O)N(C)C(=O)C(CCCC#N)NC(=O)OCC1c2ccccc2-c2ccccc21. The highest BCUT2D eigenvalue weighted by Crippen LogP contribution is 2.44. The first kappa shape index (κ1) is 23.8. The number of carboxylic acid groups (broad SMARTS) is 1. The zero-order valence-electron chi connectivity index (χ0n) is 18.7. The highest BCUT2D eigenvalue weighted by Gasteiger charge is 2.31. The number of carbonyl (C=O) groups excluding carboxylic acids is 2. The number of ether oxygens (including phenoxy) is 1. The molecule has 0 saturated heterocycles. The second-order valence-corrected chi connectivity index (χ2v) is 8.04. The van der Waals surface area contributed by atoms with Crippen molar-refractivity contribution in [3.63, 3.8) is 0 Å². The lowest BCUT2D eigenvalue weighted by atomic mass is 9.98. The van der Waals surface area contributed by atoms with Crippen LogP contribution in [0.3, 0.4) is 0 Å². The molecule has 0 bridgehead atoms. The highest BCUT2D eigenvalue weighted by molar-refractivity contribution is 5.89. The van der Waals surface area contributed by atoms with Gasteiger partial charge in [0.2, 0.25) is 5.91 Å². The summed E-state index contributed by atoms with van der Waals surface area (Å²) in [7, 11) is 1.37. The first-order valence-corrected chi connectivity index (χ1v) is 10.8. The van der Waals surface area contributed by atoms with Crippen molar-refractivity contribution in [1.29, 1.82) is 5.26 Å². The molecular weight excluding hydrogens is 422 g/mol. The molecule has 33 heavy (non-hydrogen) atoms. The van der Waals surface area contributed by atoms with Crippen LogP contribution in [0, 0.1) is 11.3 Å². The Kier molecular flexibility index (Phi) is 7.67. The molecule has 2 aromatic carbocycles. The summed E-state index contributed by atoms with van der Waals surface area (Å²) in [4.78, 5) is 37.8. The number of benzene rings is 2. The molecule has 0 radical (unpaired) electrons. The third kappa shape index (κ3) is 5.32. The van der Waals surface area contributed by atoms with Gasteiger partial charge in [0, 0.05) is 19.4 Å². The Morgan fingerprint density at radius 1 is 1.12 bits per heavy atom. The summed E-state index contributed by atoms with van der Waals surface area (Å²) in [6, 6.07) is 15.9. The van der Waals surface area contributed by atoms with E-state index in [1.165, 1.54) is 14.0 Å². The molecule has 0 spiro atoms. The van der Waals surface area contributed by atoms with Crippen molar-refractivity contribution in [1.82, 2.24) is 10.2 Å². The van der Waals surface area contributed by atoms with E-state index in [-0.39, 0.29) is 25.4 Å². The summed E-state index contributed by atoms with van der Waals surface area (Å²) in [6.45, 7) is 1.49. The molecule has 1 aliphatic rings. The Morgan fingerprint density at radius 3 is 2.24 bits per heavy atom. The predicted molar refractivity (Wildman–Crippen MR) is 121 cm³/mol. The van der Waals surface area contributed by atoms with Gasteiger partial charge in [-0.3, -0.25) is 4.79 Å². The Labute approximate surface area is 192 Å². The van der Waals surface area contributed by atoms with Crippen LogP contribution in [0.5, 0.6) is 0 Å².